The monoisotopic (exact) mass is 293 g/mol. The van der Waals surface area contributed by atoms with Gasteiger partial charge in [-0.2, -0.15) is 0 Å². The lowest BCUT2D eigenvalue weighted by molar-refractivity contribution is -0.146. The van der Waals surface area contributed by atoms with E-state index in [0.717, 1.165) is 0 Å². The number of carbonyl (C=O) groups is 1. The number of benzene rings is 1. The summed E-state index contributed by atoms with van der Waals surface area (Å²) < 4.78 is 25.7. The van der Waals surface area contributed by atoms with Crippen molar-refractivity contribution in [2.24, 2.45) is 0 Å². The Morgan fingerprint density at radius 1 is 1.44 bits per heavy atom. The van der Waals surface area contributed by atoms with Gasteiger partial charge in [-0.1, -0.05) is 17.7 Å². The fraction of sp³-hybridized carbons (Fsp3) is 0.300. The third kappa shape index (κ3) is 4.26. The van der Waals surface area contributed by atoms with Gasteiger partial charge in [0.15, 0.2) is 6.10 Å². The molecule has 1 aromatic carbocycles. The zero-order valence-electron chi connectivity index (χ0n) is 9.21. The first kappa shape index (κ1) is 14.9. The number of nitrogens with one attached hydrogen (secondary N) is 1. The van der Waals surface area contributed by atoms with E-state index in [2.05, 4.69) is 4.72 Å². The number of sulfonamides is 1. The van der Waals surface area contributed by atoms with Crippen molar-refractivity contribution < 1.29 is 23.4 Å². The lowest BCUT2D eigenvalue weighted by Crippen LogP contribution is -2.30. The highest BCUT2D eigenvalue weighted by Crippen LogP contribution is 2.15. The highest BCUT2D eigenvalue weighted by Gasteiger charge is 2.17. The van der Waals surface area contributed by atoms with Crippen molar-refractivity contribution in [3.63, 3.8) is 0 Å². The van der Waals surface area contributed by atoms with Crippen molar-refractivity contribution in [3.8, 4) is 0 Å². The Kier molecular flexibility index (Phi) is 5.09. The maximum absolute atomic E-state index is 11.7. The van der Waals surface area contributed by atoms with E-state index in [1.54, 1.807) is 0 Å². The van der Waals surface area contributed by atoms with Gasteiger partial charge in [0.05, 0.1) is 4.90 Å². The lowest BCUT2D eigenvalue weighted by atomic mass is 10.3. The van der Waals surface area contributed by atoms with Crippen molar-refractivity contribution in [1.82, 2.24) is 4.72 Å². The summed E-state index contributed by atoms with van der Waals surface area (Å²) in [5.74, 6) is -1.39. The number of carboxylic acid groups (broad SMARTS) is 1. The Bertz CT molecular complexity index is 531. The van der Waals surface area contributed by atoms with Crippen molar-refractivity contribution in [2.75, 3.05) is 6.54 Å². The molecule has 0 aliphatic carbocycles. The van der Waals surface area contributed by atoms with Gasteiger partial charge in [0.2, 0.25) is 10.0 Å². The quantitative estimate of drug-likeness (QED) is 0.707. The Morgan fingerprint density at radius 2 is 2.11 bits per heavy atom. The molecule has 8 heteroatoms. The molecular formula is C10H12ClNO5S. The molecule has 1 atom stereocenters. The molecule has 0 saturated carbocycles. The van der Waals surface area contributed by atoms with E-state index in [-0.39, 0.29) is 22.9 Å². The highest BCUT2D eigenvalue weighted by atomic mass is 35.5. The lowest BCUT2D eigenvalue weighted by Gasteiger charge is -2.08. The number of hydrogen-bond acceptors (Lipinski definition) is 4. The number of rotatable bonds is 6. The van der Waals surface area contributed by atoms with Gasteiger partial charge >= 0.3 is 5.97 Å². The molecule has 0 radical (unpaired) electrons. The summed E-state index contributed by atoms with van der Waals surface area (Å²) in [6.45, 7) is -0.178. The number of aliphatic hydroxyl groups is 1. The first-order valence-corrected chi connectivity index (χ1v) is 6.85. The molecule has 1 aromatic rings. The van der Waals surface area contributed by atoms with E-state index < -0.39 is 22.1 Å². The van der Waals surface area contributed by atoms with E-state index in [1.165, 1.54) is 24.3 Å². The molecule has 3 N–H and O–H groups in total. The maximum atomic E-state index is 11.7. The minimum atomic E-state index is -3.74. The van der Waals surface area contributed by atoms with E-state index in [9.17, 15) is 13.2 Å². The molecule has 6 nitrogen and oxygen atoms in total. The van der Waals surface area contributed by atoms with Gasteiger partial charge in [-0.25, -0.2) is 17.9 Å². The summed E-state index contributed by atoms with van der Waals surface area (Å²) in [6.07, 6.45) is -1.80. The topological polar surface area (TPSA) is 104 Å². The van der Waals surface area contributed by atoms with Crippen LogP contribution in [-0.4, -0.2) is 37.2 Å². The van der Waals surface area contributed by atoms with Gasteiger partial charge in [-0.15, -0.1) is 0 Å². The van der Waals surface area contributed by atoms with Crippen LogP contribution in [0.15, 0.2) is 29.2 Å². The Hall–Kier alpha value is -1.15. The molecule has 0 aliphatic rings. The smallest absolute Gasteiger partial charge is 0.332 e. The summed E-state index contributed by atoms with van der Waals surface area (Å²) in [5, 5.41) is 17.7. The Morgan fingerprint density at radius 3 is 2.67 bits per heavy atom. The van der Waals surface area contributed by atoms with Crippen LogP contribution in [0.5, 0.6) is 0 Å². The highest BCUT2D eigenvalue weighted by molar-refractivity contribution is 7.89. The van der Waals surface area contributed by atoms with Crippen molar-refractivity contribution >= 4 is 27.6 Å². The van der Waals surface area contributed by atoms with E-state index >= 15 is 0 Å². The number of hydrogen-bond donors (Lipinski definition) is 3. The number of aliphatic carboxylic acids is 1. The molecule has 0 bridgehead atoms. The molecular weight excluding hydrogens is 282 g/mol. The third-order valence-corrected chi connectivity index (χ3v) is 3.80. The zero-order valence-corrected chi connectivity index (χ0v) is 10.8. The third-order valence-electron chi connectivity index (χ3n) is 2.10. The van der Waals surface area contributed by atoms with Crippen LogP contribution < -0.4 is 4.72 Å². The summed E-state index contributed by atoms with van der Waals surface area (Å²) in [7, 11) is -3.74. The number of carboxylic acids is 1. The minimum Gasteiger partial charge on any atom is -0.479 e. The SMILES string of the molecule is O=C(O)[C@@H](O)CCNS(=O)(=O)c1cccc(Cl)c1. The van der Waals surface area contributed by atoms with Gasteiger partial charge < -0.3 is 10.2 Å². The van der Waals surface area contributed by atoms with Crippen LogP contribution in [0.2, 0.25) is 5.02 Å². The van der Waals surface area contributed by atoms with Gasteiger partial charge in [0.25, 0.3) is 0 Å². The van der Waals surface area contributed by atoms with E-state index in [4.69, 9.17) is 21.8 Å². The molecule has 18 heavy (non-hydrogen) atoms. The molecule has 0 spiro atoms. The molecule has 0 heterocycles. The normalized spacial score (nSPS) is 13.2. The van der Waals surface area contributed by atoms with Crippen LogP contribution in [0.4, 0.5) is 0 Å². The number of halogens is 1. The second-order valence-electron chi connectivity index (χ2n) is 3.50. The van der Waals surface area contributed by atoms with Crippen LogP contribution >= 0.6 is 11.6 Å². The minimum absolute atomic E-state index is 0.0141. The van der Waals surface area contributed by atoms with Crippen LogP contribution in [0, 0.1) is 0 Å². The van der Waals surface area contributed by atoms with Crippen LogP contribution in [-0.2, 0) is 14.8 Å². The average Bonchev–Trinajstić information content (AvgIpc) is 2.28. The van der Waals surface area contributed by atoms with Crippen LogP contribution in [0.3, 0.4) is 0 Å². The predicted molar refractivity (Wildman–Crippen MR) is 64.9 cm³/mol. The molecule has 0 aromatic heterocycles. The van der Waals surface area contributed by atoms with E-state index in [0.29, 0.717) is 0 Å². The van der Waals surface area contributed by atoms with Crippen LogP contribution in [0.25, 0.3) is 0 Å². The van der Waals surface area contributed by atoms with Gasteiger partial charge in [-0.05, 0) is 24.6 Å². The standard InChI is InChI=1S/C10H12ClNO5S/c11-7-2-1-3-8(6-7)18(16,17)12-5-4-9(13)10(14)15/h1-3,6,9,12-13H,4-5H2,(H,14,15)/t9-/m0/s1. The molecule has 0 saturated heterocycles. The Balaban J connectivity index is 2.64. The molecule has 0 amide bonds. The van der Waals surface area contributed by atoms with Crippen molar-refractivity contribution in [2.45, 2.75) is 17.4 Å². The predicted octanol–water partition coefficient (Wildman–Crippen LogP) is 0.454. The fourth-order valence-electron chi connectivity index (χ4n) is 1.17. The first-order valence-electron chi connectivity index (χ1n) is 4.99. The fourth-order valence-corrected chi connectivity index (χ4v) is 2.52. The van der Waals surface area contributed by atoms with Gasteiger partial charge in [-0.3, -0.25) is 0 Å². The second kappa shape index (κ2) is 6.14. The van der Waals surface area contributed by atoms with Gasteiger partial charge in [0.1, 0.15) is 0 Å². The van der Waals surface area contributed by atoms with Gasteiger partial charge in [0, 0.05) is 11.6 Å². The summed E-state index contributed by atoms with van der Waals surface area (Å²) in [5.41, 5.74) is 0. The molecule has 0 unspecified atom stereocenters. The molecule has 0 fully saturated rings. The largest absolute Gasteiger partial charge is 0.479 e. The first-order chi connectivity index (χ1) is 8.33. The van der Waals surface area contributed by atoms with Crippen LogP contribution in [0.1, 0.15) is 6.42 Å². The number of aliphatic hydroxyl groups excluding tert-OH is 1. The maximum Gasteiger partial charge on any atom is 0.332 e. The summed E-state index contributed by atoms with van der Waals surface area (Å²) in [4.78, 5) is 10.3. The summed E-state index contributed by atoms with van der Waals surface area (Å²) >= 11 is 5.67. The van der Waals surface area contributed by atoms with Crippen molar-refractivity contribution in [3.05, 3.63) is 29.3 Å². The Labute approximate surface area is 109 Å². The summed E-state index contributed by atoms with van der Waals surface area (Å²) in [6, 6.07) is 5.66. The zero-order chi connectivity index (χ0) is 13.8. The molecule has 100 valence electrons. The van der Waals surface area contributed by atoms with E-state index in [1.807, 2.05) is 0 Å². The average molecular weight is 294 g/mol. The molecule has 1 rings (SSSR count). The second-order valence-corrected chi connectivity index (χ2v) is 5.70. The van der Waals surface area contributed by atoms with Crippen molar-refractivity contribution in [1.29, 1.82) is 0 Å². The molecule has 0 aliphatic heterocycles.